The Balaban J connectivity index is 4.29. The average molecular weight is 192 g/mol. The van der Waals surface area contributed by atoms with E-state index in [-0.39, 0.29) is 0 Å². The van der Waals surface area contributed by atoms with E-state index in [1.54, 1.807) is 0 Å². The number of rotatable bonds is 4. The molecule has 0 aromatic carbocycles. The maximum absolute atomic E-state index is 11.1. The van der Waals surface area contributed by atoms with Crippen LogP contribution in [-0.4, -0.2) is 26.8 Å². The molecule has 0 unspecified atom stereocenters. The van der Waals surface area contributed by atoms with Crippen molar-refractivity contribution >= 4 is 10.2 Å². The van der Waals surface area contributed by atoms with Gasteiger partial charge in [-0.05, 0) is 13.3 Å². The van der Waals surface area contributed by atoms with Crippen LogP contribution < -0.4 is 4.72 Å². The fourth-order valence-corrected chi connectivity index (χ4v) is 0.943. The van der Waals surface area contributed by atoms with Gasteiger partial charge in [-0.2, -0.15) is 12.7 Å². The van der Waals surface area contributed by atoms with Crippen molar-refractivity contribution in [2.24, 2.45) is 0 Å². The monoisotopic (exact) mass is 192 g/mol. The van der Waals surface area contributed by atoms with Crippen LogP contribution in [-0.2, 0) is 10.2 Å². The van der Waals surface area contributed by atoms with Crippen molar-refractivity contribution in [2.45, 2.75) is 20.3 Å². The molecule has 72 valence electrons. The van der Waals surface area contributed by atoms with E-state index in [0.29, 0.717) is 0 Å². The average Bonchev–Trinajstić information content (AvgIpc) is 2.00. The van der Waals surface area contributed by atoms with Gasteiger partial charge in [0.15, 0.2) is 0 Å². The van der Waals surface area contributed by atoms with Crippen molar-refractivity contribution in [3.8, 4) is 0 Å². The maximum atomic E-state index is 11.1. The van der Waals surface area contributed by atoms with Crippen molar-refractivity contribution in [3.63, 3.8) is 0 Å². The summed E-state index contributed by atoms with van der Waals surface area (Å²) in [5, 5.41) is 0. The van der Waals surface area contributed by atoms with Gasteiger partial charge in [0.25, 0.3) is 0 Å². The van der Waals surface area contributed by atoms with Gasteiger partial charge in [-0.3, -0.25) is 4.72 Å². The van der Waals surface area contributed by atoms with E-state index in [9.17, 15) is 8.42 Å². The summed E-state index contributed by atoms with van der Waals surface area (Å²) in [7, 11) is -0.329. The minimum atomic E-state index is -3.30. The van der Waals surface area contributed by atoms with Crippen molar-refractivity contribution in [1.82, 2.24) is 9.03 Å². The van der Waals surface area contributed by atoms with Crippen LogP contribution in [0.1, 0.15) is 20.3 Å². The van der Waals surface area contributed by atoms with Gasteiger partial charge in [0, 0.05) is 20.3 Å². The molecule has 5 heteroatoms. The van der Waals surface area contributed by atoms with Crippen LogP contribution in [0.25, 0.3) is 0 Å². The molecule has 0 amide bonds. The molecule has 0 fully saturated rings. The molecule has 0 aliphatic rings. The Morgan fingerprint density at radius 3 is 2.33 bits per heavy atom. The number of hydrogen-bond acceptors (Lipinski definition) is 2. The van der Waals surface area contributed by atoms with Gasteiger partial charge in [-0.15, -0.1) is 0 Å². The summed E-state index contributed by atoms with van der Waals surface area (Å²) in [4.78, 5) is 0. The Labute approximate surface area is 74.4 Å². The van der Waals surface area contributed by atoms with E-state index < -0.39 is 10.2 Å². The molecule has 0 atom stereocenters. The van der Waals surface area contributed by atoms with Crippen molar-refractivity contribution in [2.75, 3.05) is 14.1 Å². The Morgan fingerprint density at radius 1 is 1.50 bits per heavy atom. The zero-order valence-electron chi connectivity index (χ0n) is 7.96. The molecule has 4 nitrogen and oxygen atoms in total. The topological polar surface area (TPSA) is 49.4 Å². The van der Waals surface area contributed by atoms with E-state index >= 15 is 0 Å². The predicted molar refractivity (Wildman–Crippen MR) is 49.8 cm³/mol. The second kappa shape index (κ2) is 4.47. The zero-order valence-corrected chi connectivity index (χ0v) is 8.77. The van der Waals surface area contributed by atoms with E-state index in [0.717, 1.165) is 16.3 Å². The lowest BCUT2D eigenvalue weighted by molar-refractivity contribution is 0.514. The largest absolute Gasteiger partial charge is 0.300 e. The van der Waals surface area contributed by atoms with Crippen LogP contribution >= 0.6 is 0 Å². The fourth-order valence-electron chi connectivity index (χ4n) is 0.383. The summed E-state index contributed by atoms with van der Waals surface area (Å²) >= 11 is 0. The highest BCUT2D eigenvalue weighted by Gasteiger charge is 2.09. The molecule has 12 heavy (non-hydrogen) atoms. The highest BCUT2D eigenvalue weighted by Crippen LogP contribution is 1.96. The van der Waals surface area contributed by atoms with Gasteiger partial charge in [-0.1, -0.05) is 12.5 Å². The first-order valence-corrected chi connectivity index (χ1v) is 5.19. The molecular weight excluding hydrogens is 176 g/mol. The first-order valence-electron chi connectivity index (χ1n) is 3.75. The minimum Gasteiger partial charge on any atom is -0.278 e. The number of hydrogen-bond donors (Lipinski definition) is 1. The zero-order chi connectivity index (χ0) is 9.78. The lowest BCUT2D eigenvalue weighted by Crippen LogP contribution is -2.32. The summed E-state index contributed by atoms with van der Waals surface area (Å²) < 4.78 is 25.7. The Morgan fingerprint density at radius 2 is 2.00 bits per heavy atom. The Kier molecular flexibility index (Phi) is 4.26. The van der Waals surface area contributed by atoms with Crippen LogP contribution in [0.5, 0.6) is 0 Å². The van der Waals surface area contributed by atoms with E-state index in [1.807, 2.05) is 13.8 Å². The summed E-state index contributed by atoms with van der Waals surface area (Å²) in [5.74, 6) is 0. The lowest BCUT2D eigenvalue weighted by atomic mass is 10.3. The van der Waals surface area contributed by atoms with Gasteiger partial charge in [0.05, 0.1) is 0 Å². The quantitative estimate of drug-likeness (QED) is 0.712. The summed E-state index contributed by atoms with van der Waals surface area (Å²) in [6.07, 6.45) is 2.35. The first-order chi connectivity index (χ1) is 5.40. The maximum Gasteiger partial charge on any atom is 0.300 e. The van der Waals surface area contributed by atoms with Crippen LogP contribution in [0.3, 0.4) is 0 Å². The number of nitrogens with one attached hydrogen (secondary N) is 1. The van der Waals surface area contributed by atoms with E-state index in [1.165, 1.54) is 20.3 Å². The minimum absolute atomic E-state index is 0.843. The molecule has 0 spiro atoms. The first kappa shape index (κ1) is 11.4. The molecule has 0 radical (unpaired) electrons. The molecular formula is C7H16N2O2S. The normalized spacial score (nSPS) is 13.6. The SMILES string of the molecule is CC/C(C)=C/NS(=O)(=O)N(C)C. The standard InChI is InChI=1S/C7H16N2O2S/c1-5-7(2)6-8-12(10,11)9(3)4/h6,8H,5H2,1-4H3/b7-6+. The molecule has 0 aliphatic carbocycles. The molecule has 0 aromatic rings. The lowest BCUT2D eigenvalue weighted by Gasteiger charge is -2.10. The van der Waals surface area contributed by atoms with Gasteiger partial charge >= 0.3 is 10.2 Å². The van der Waals surface area contributed by atoms with E-state index in [4.69, 9.17) is 0 Å². The molecule has 0 aromatic heterocycles. The van der Waals surface area contributed by atoms with Gasteiger partial charge in [0.2, 0.25) is 0 Å². The summed E-state index contributed by atoms with van der Waals surface area (Å²) in [5.41, 5.74) is 1.00. The Bertz CT molecular complexity index is 255. The number of nitrogens with zero attached hydrogens (tertiary/aromatic N) is 1. The third kappa shape index (κ3) is 3.73. The number of allylic oxidation sites excluding steroid dienone is 1. The molecule has 0 bridgehead atoms. The van der Waals surface area contributed by atoms with Crippen molar-refractivity contribution in [3.05, 3.63) is 11.8 Å². The van der Waals surface area contributed by atoms with Crippen LogP contribution in [0.15, 0.2) is 11.8 Å². The summed E-state index contributed by atoms with van der Waals surface area (Å²) in [6, 6.07) is 0. The van der Waals surface area contributed by atoms with Crippen LogP contribution in [0.4, 0.5) is 0 Å². The van der Waals surface area contributed by atoms with Gasteiger partial charge in [0.1, 0.15) is 0 Å². The highest BCUT2D eigenvalue weighted by atomic mass is 32.2. The molecule has 1 N–H and O–H groups in total. The predicted octanol–water partition coefficient (Wildman–Crippen LogP) is 0.696. The molecule has 0 saturated carbocycles. The molecule has 0 saturated heterocycles. The van der Waals surface area contributed by atoms with E-state index in [2.05, 4.69) is 4.72 Å². The van der Waals surface area contributed by atoms with Gasteiger partial charge in [-0.25, -0.2) is 0 Å². The molecule has 0 aliphatic heterocycles. The smallest absolute Gasteiger partial charge is 0.278 e. The second-order valence-corrected chi connectivity index (χ2v) is 4.67. The van der Waals surface area contributed by atoms with Gasteiger partial charge < -0.3 is 0 Å². The summed E-state index contributed by atoms with van der Waals surface area (Å²) in [6.45, 7) is 3.84. The second-order valence-electron chi connectivity index (χ2n) is 2.75. The molecule has 0 rings (SSSR count). The van der Waals surface area contributed by atoms with Crippen molar-refractivity contribution in [1.29, 1.82) is 0 Å². The van der Waals surface area contributed by atoms with Crippen molar-refractivity contribution < 1.29 is 8.42 Å². The van der Waals surface area contributed by atoms with Crippen LogP contribution in [0.2, 0.25) is 0 Å². The highest BCUT2D eigenvalue weighted by molar-refractivity contribution is 7.87. The Hall–Kier alpha value is -0.550. The fraction of sp³-hybridized carbons (Fsp3) is 0.714. The third-order valence-electron chi connectivity index (χ3n) is 1.49. The molecule has 0 heterocycles. The third-order valence-corrected chi connectivity index (χ3v) is 2.87. The van der Waals surface area contributed by atoms with Crippen LogP contribution in [0, 0.1) is 0 Å².